The van der Waals surface area contributed by atoms with Gasteiger partial charge in [-0.05, 0) is 42.9 Å². The average Bonchev–Trinajstić information content (AvgIpc) is 3.14. The van der Waals surface area contributed by atoms with Gasteiger partial charge in [-0.1, -0.05) is 19.9 Å². The summed E-state index contributed by atoms with van der Waals surface area (Å²) >= 11 is 0. The summed E-state index contributed by atoms with van der Waals surface area (Å²) in [6, 6.07) is 4.48. The second-order valence-corrected chi connectivity index (χ2v) is 8.40. The second kappa shape index (κ2) is 8.55. The Morgan fingerprint density at radius 2 is 1.93 bits per heavy atom. The molecule has 3 aliphatic heterocycles. The van der Waals surface area contributed by atoms with E-state index in [-0.39, 0.29) is 19.4 Å². The van der Waals surface area contributed by atoms with Crippen molar-refractivity contribution in [1.82, 2.24) is 15.5 Å². The van der Waals surface area contributed by atoms with E-state index in [2.05, 4.69) is 29.4 Å². The fraction of sp³-hybridized carbons (Fsp3) is 0.545. The largest absolute Gasteiger partial charge is 0.463 e. The zero-order valence-corrected chi connectivity index (χ0v) is 17.7. The van der Waals surface area contributed by atoms with Gasteiger partial charge in [0.05, 0.1) is 18.2 Å². The molecule has 4 rings (SSSR count). The Hall–Kier alpha value is -2.74. The van der Waals surface area contributed by atoms with E-state index in [1.54, 1.807) is 19.1 Å². The van der Waals surface area contributed by atoms with Gasteiger partial charge in [0.1, 0.15) is 0 Å². The van der Waals surface area contributed by atoms with Gasteiger partial charge in [-0.3, -0.25) is 4.90 Å². The second-order valence-electron chi connectivity index (χ2n) is 8.40. The molecule has 8 nitrogen and oxygen atoms in total. The summed E-state index contributed by atoms with van der Waals surface area (Å²) in [5, 5.41) is 5.74. The fourth-order valence-corrected chi connectivity index (χ4v) is 4.68. The number of fused-ring (bicyclic) bond motifs is 1. The summed E-state index contributed by atoms with van der Waals surface area (Å²) in [6.07, 6.45) is 1.19. The van der Waals surface area contributed by atoms with Crippen LogP contribution < -0.4 is 20.1 Å². The van der Waals surface area contributed by atoms with Crippen molar-refractivity contribution in [3.05, 3.63) is 35.0 Å². The number of carbonyl (C=O) groups excluding carboxylic acids is 2. The van der Waals surface area contributed by atoms with Crippen LogP contribution in [0.3, 0.4) is 0 Å². The number of nitrogens with one attached hydrogen (secondary N) is 2. The Bertz CT molecular complexity index is 858. The molecule has 1 saturated heterocycles. The number of hydrogen-bond donors (Lipinski definition) is 2. The van der Waals surface area contributed by atoms with E-state index in [4.69, 9.17) is 14.2 Å². The lowest BCUT2D eigenvalue weighted by Crippen LogP contribution is -2.50. The van der Waals surface area contributed by atoms with Crippen molar-refractivity contribution in [2.75, 3.05) is 33.0 Å². The molecule has 2 amide bonds. The number of ether oxygens (including phenoxy) is 3. The molecule has 1 aromatic carbocycles. The molecule has 3 aliphatic rings. The van der Waals surface area contributed by atoms with Crippen molar-refractivity contribution in [1.29, 1.82) is 0 Å². The minimum Gasteiger partial charge on any atom is -0.463 e. The average molecular weight is 415 g/mol. The van der Waals surface area contributed by atoms with Crippen LogP contribution in [0.2, 0.25) is 0 Å². The molecule has 8 heteroatoms. The third-order valence-corrected chi connectivity index (χ3v) is 5.71. The Kier molecular flexibility index (Phi) is 5.85. The molecule has 0 aliphatic carbocycles. The molecule has 2 N–H and O–H groups in total. The molecule has 0 bridgehead atoms. The molecule has 30 heavy (non-hydrogen) atoms. The van der Waals surface area contributed by atoms with E-state index in [0.717, 1.165) is 18.7 Å². The lowest BCUT2D eigenvalue weighted by molar-refractivity contribution is -0.139. The Labute approximate surface area is 176 Å². The Morgan fingerprint density at radius 3 is 2.67 bits per heavy atom. The highest BCUT2D eigenvalue weighted by Gasteiger charge is 2.35. The molecule has 3 atom stereocenters. The number of amides is 2. The van der Waals surface area contributed by atoms with Crippen molar-refractivity contribution >= 4 is 12.0 Å². The molecule has 0 spiro atoms. The van der Waals surface area contributed by atoms with Gasteiger partial charge in [-0.15, -0.1) is 0 Å². The lowest BCUT2D eigenvalue weighted by atomic mass is 9.91. The molecule has 0 radical (unpaired) electrons. The van der Waals surface area contributed by atoms with Gasteiger partial charge in [0.25, 0.3) is 0 Å². The molecule has 3 heterocycles. The van der Waals surface area contributed by atoms with Crippen LogP contribution in [0.4, 0.5) is 4.79 Å². The van der Waals surface area contributed by atoms with Crippen molar-refractivity contribution in [3.63, 3.8) is 0 Å². The van der Waals surface area contributed by atoms with Gasteiger partial charge in [0.2, 0.25) is 6.79 Å². The third kappa shape index (κ3) is 4.23. The van der Waals surface area contributed by atoms with Crippen molar-refractivity contribution in [2.45, 2.75) is 33.2 Å². The number of rotatable bonds is 5. The van der Waals surface area contributed by atoms with E-state index in [0.29, 0.717) is 41.1 Å². The number of urea groups is 1. The standard InChI is InChI=1S/C22H29N3O5/c1-4-28-21(26)19-16(11-25-9-13(2)7-14(3)10-25)23-22(27)24-20(19)15-5-6-17-18(8-15)30-12-29-17/h5-6,8,13-14,20H,4,7,9-12H2,1-3H3,(H2,23,24,27)/t13-,14+,20-/m1/s1. The molecule has 0 aromatic heterocycles. The molecular formula is C22H29N3O5. The Balaban J connectivity index is 1.69. The van der Waals surface area contributed by atoms with E-state index in [9.17, 15) is 9.59 Å². The van der Waals surface area contributed by atoms with Crippen LogP contribution in [-0.2, 0) is 9.53 Å². The van der Waals surface area contributed by atoms with Crippen LogP contribution in [-0.4, -0.2) is 49.9 Å². The van der Waals surface area contributed by atoms with E-state index in [1.807, 2.05) is 6.07 Å². The van der Waals surface area contributed by atoms with Crippen LogP contribution in [0.25, 0.3) is 0 Å². The monoisotopic (exact) mass is 415 g/mol. The summed E-state index contributed by atoms with van der Waals surface area (Å²) in [6.45, 7) is 9.03. The first-order valence-corrected chi connectivity index (χ1v) is 10.5. The van der Waals surface area contributed by atoms with Crippen molar-refractivity contribution < 1.29 is 23.8 Å². The van der Waals surface area contributed by atoms with Gasteiger partial charge in [0, 0.05) is 25.3 Å². The normalized spacial score (nSPS) is 26.2. The Morgan fingerprint density at radius 1 is 1.20 bits per heavy atom. The predicted molar refractivity (Wildman–Crippen MR) is 110 cm³/mol. The molecule has 162 valence electrons. The number of piperidine rings is 1. The summed E-state index contributed by atoms with van der Waals surface area (Å²) in [5.41, 5.74) is 1.78. The first-order valence-electron chi connectivity index (χ1n) is 10.5. The minimum atomic E-state index is -0.623. The number of benzene rings is 1. The molecule has 0 saturated carbocycles. The zero-order valence-electron chi connectivity index (χ0n) is 17.7. The highest BCUT2D eigenvalue weighted by atomic mass is 16.7. The van der Waals surface area contributed by atoms with Crippen LogP contribution in [0.15, 0.2) is 29.5 Å². The van der Waals surface area contributed by atoms with Gasteiger partial charge >= 0.3 is 12.0 Å². The molecule has 1 fully saturated rings. The van der Waals surface area contributed by atoms with E-state index in [1.165, 1.54) is 6.42 Å². The lowest BCUT2D eigenvalue weighted by Gasteiger charge is -2.37. The van der Waals surface area contributed by atoms with Crippen LogP contribution in [0.1, 0.15) is 38.8 Å². The zero-order chi connectivity index (χ0) is 21.3. The highest BCUT2D eigenvalue weighted by Crippen LogP contribution is 2.37. The SMILES string of the molecule is CCOC(=O)C1=C(CN2C[C@H](C)C[C@H](C)C2)NC(=O)N[C@@H]1c1ccc2c(c1)OCO2. The van der Waals surface area contributed by atoms with Crippen LogP contribution >= 0.6 is 0 Å². The van der Waals surface area contributed by atoms with Gasteiger partial charge in [-0.25, -0.2) is 9.59 Å². The first-order chi connectivity index (χ1) is 14.4. The van der Waals surface area contributed by atoms with Crippen LogP contribution in [0.5, 0.6) is 11.5 Å². The summed E-state index contributed by atoms with van der Waals surface area (Å²) < 4.78 is 16.2. The summed E-state index contributed by atoms with van der Waals surface area (Å²) in [5.74, 6) is 1.96. The quantitative estimate of drug-likeness (QED) is 0.719. The smallest absolute Gasteiger partial charge is 0.338 e. The van der Waals surface area contributed by atoms with Gasteiger partial charge in [0.15, 0.2) is 11.5 Å². The summed E-state index contributed by atoms with van der Waals surface area (Å²) in [7, 11) is 0. The topological polar surface area (TPSA) is 89.1 Å². The number of esters is 1. The maximum absolute atomic E-state index is 13.0. The highest BCUT2D eigenvalue weighted by molar-refractivity contribution is 5.95. The maximum atomic E-state index is 13.0. The number of nitrogens with zero attached hydrogens (tertiary/aromatic N) is 1. The van der Waals surface area contributed by atoms with Gasteiger partial charge < -0.3 is 24.8 Å². The third-order valence-electron chi connectivity index (χ3n) is 5.71. The first kappa shape index (κ1) is 20.5. The molecule has 1 aromatic rings. The fourth-order valence-electron chi connectivity index (χ4n) is 4.68. The van der Waals surface area contributed by atoms with Crippen molar-refractivity contribution in [3.8, 4) is 11.5 Å². The van der Waals surface area contributed by atoms with Gasteiger partial charge in [-0.2, -0.15) is 0 Å². The number of carbonyl (C=O) groups is 2. The maximum Gasteiger partial charge on any atom is 0.338 e. The predicted octanol–water partition coefficient (Wildman–Crippen LogP) is 2.56. The van der Waals surface area contributed by atoms with Crippen molar-refractivity contribution in [2.24, 2.45) is 11.8 Å². The van der Waals surface area contributed by atoms with E-state index >= 15 is 0 Å². The minimum absolute atomic E-state index is 0.161. The molecule has 0 unspecified atom stereocenters. The number of hydrogen-bond acceptors (Lipinski definition) is 6. The number of likely N-dealkylation sites (tertiary alicyclic amines) is 1. The van der Waals surface area contributed by atoms with Crippen LogP contribution in [0, 0.1) is 11.8 Å². The summed E-state index contributed by atoms with van der Waals surface area (Å²) in [4.78, 5) is 27.8. The van der Waals surface area contributed by atoms with E-state index < -0.39 is 12.0 Å². The molecular weight excluding hydrogens is 386 g/mol.